The molecule has 1 aromatic carbocycles. The van der Waals surface area contributed by atoms with Crippen LogP contribution in [0.4, 0.5) is 0 Å². The molecule has 4 rings (SSSR count). The quantitative estimate of drug-likeness (QED) is 0.835. The monoisotopic (exact) mass is 255 g/mol. The first-order valence-electron chi connectivity index (χ1n) is 8.16. The van der Waals surface area contributed by atoms with Gasteiger partial charge in [0, 0.05) is 12.6 Å². The maximum atomic E-state index is 3.83. The molecule has 1 N–H and O–H groups in total. The first-order chi connectivity index (χ1) is 9.37. The number of benzene rings is 1. The fraction of sp³-hybridized carbons (Fsp3) is 0.667. The normalized spacial score (nSPS) is 32.4. The van der Waals surface area contributed by atoms with Crippen LogP contribution in [0.3, 0.4) is 0 Å². The fourth-order valence-corrected chi connectivity index (χ4v) is 4.33. The molecule has 19 heavy (non-hydrogen) atoms. The first kappa shape index (κ1) is 12.0. The predicted octanol–water partition coefficient (Wildman–Crippen LogP) is 4.10. The topological polar surface area (TPSA) is 12.0 Å². The van der Waals surface area contributed by atoms with Crippen molar-refractivity contribution in [3.8, 4) is 0 Å². The van der Waals surface area contributed by atoms with Crippen LogP contribution in [0.1, 0.15) is 56.4 Å². The molecule has 1 aromatic rings. The lowest BCUT2D eigenvalue weighted by molar-refractivity contribution is 0.229. The summed E-state index contributed by atoms with van der Waals surface area (Å²) in [6.07, 6.45) is 10.2. The van der Waals surface area contributed by atoms with Crippen LogP contribution in [-0.4, -0.2) is 12.6 Å². The Balaban J connectivity index is 1.46. The summed E-state index contributed by atoms with van der Waals surface area (Å²) in [6, 6.07) is 12.1. The van der Waals surface area contributed by atoms with Gasteiger partial charge in [0.1, 0.15) is 0 Å². The molecule has 0 aromatic heterocycles. The van der Waals surface area contributed by atoms with Gasteiger partial charge in [-0.05, 0) is 54.9 Å². The van der Waals surface area contributed by atoms with E-state index in [-0.39, 0.29) is 0 Å². The standard InChI is InChI=1S/C18H25N/c1-2-6-14(7-3-1)16-12-17(16)18(10-4-5-11-18)13-19-15-8-9-15/h1-3,6-7,15-17,19H,4-5,8-13H2. The molecule has 0 saturated heterocycles. The molecule has 0 amide bonds. The van der Waals surface area contributed by atoms with Gasteiger partial charge in [0.25, 0.3) is 0 Å². The van der Waals surface area contributed by atoms with Crippen molar-refractivity contribution in [2.45, 2.75) is 56.9 Å². The molecule has 1 nitrogen and oxygen atoms in total. The molecule has 2 unspecified atom stereocenters. The number of hydrogen-bond acceptors (Lipinski definition) is 1. The van der Waals surface area contributed by atoms with Gasteiger partial charge in [-0.2, -0.15) is 0 Å². The third kappa shape index (κ3) is 2.33. The van der Waals surface area contributed by atoms with E-state index in [1.165, 1.54) is 51.5 Å². The van der Waals surface area contributed by atoms with Crippen molar-refractivity contribution >= 4 is 0 Å². The largest absolute Gasteiger partial charge is 0.313 e. The zero-order valence-corrected chi connectivity index (χ0v) is 11.8. The lowest BCUT2D eigenvalue weighted by Gasteiger charge is -2.30. The molecule has 1 heteroatoms. The second-order valence-electron chi connectivity index (χ2n) is 7.08. The molecular formula is C18H25N. The molecular weight excluding hydrogens is 230 g/mol. The number of hydrogen-bond donors (Lipinski definition) is 1. The lowest BCUT2D eigenvalue weighted by Crippen LogP contribution is -2.35. The molecule has 0 spiro atoms. The molecule has 2 atom stereocenters. The van der Waals surface area contributed by atoms with Crippen LogP contribution >= 0.6 is 0 Å². The van der Waals surface area contributed by atoms with Crippen molar-refractivity contribution in [2.75, 3.05) is 6.54 Å². The molecule has 0 radical (unpaired) electrons. The van der Waals surface area contributed by atoms with Crippen molar-refractivity contribution in [3.63, 3.8) is 0 Å². The van der Waals surface area contributed by atoms with Gasteiger partial charge in [-0.1, -0.05) is 43.2 Å². The third-order valence-corrected chi connectivity index (χ3v) is 5.72. The summed E-state index contributed by atoms with van der Waals surface area (Å²) in [6.45, 7) is 1.30. The summed E-state index contributed by atoms with van der Waals surface area (Å²) < 4.78 is 0. The van der Waals surface area contributed by atoms with Gasteiger partial charge in [0.05, 0.1) is 0 Å². The fourth-order valence-electron chi connectivity index (χ4n) is 4.33. The molecule has 0 aliphatic heterocycles. The Bertz CT molecular complexity index is 428. The van der Waals surface area contributed by atoms with Crippen molar-refractivity contribution in [1.29, 1.82) is 0 Å². The second-order valence-corrected chi connectivity index (χ2v) is 7.08. The maximum Gasteiger partial charge on any atom is 0.00684 e. The zero-order valence-electron chi connectivity index (χ0n) is 11.8. The first-order valence-corrected chi connectivity index (χ1v) is 8.16. The summed E-state index contributed by atoms with van der Waals surface area (Å²) in [4.78, 5) is 0. The molecule has 0 heterocycles. The van der Waals surface area contributed by atoms with Gasteiger partial charge >= 0.3 is 0 Å². The number of nitrogens with one attached hydrogen (secondary N) is 1. The van der Waals surface area contributed by atoms with Gasteiger partial charge in [-0.25, -0.2) is 0 Å². The van der Waals surface area contributed by atoms with E-state index < -0.39 is 0 Å². The highest BCUT2D eigenvalue weighted by Crippen LogP contribution is 2.62. The summed E-state index contributed by atoms with van der Waals surface area (Å²) in [7, 11) is 0. The van der Waals surface area contributed by atoms with Crippen molar-refractivity contribution in [1.82, 2.24) is 5.32 Å². The highest BCUT2D eigenvalue weighted by atomic mass is 15.0. The van der Waals surface area contributed by atoms with Gasteiger partial charge in [-0.3, -0.25) is 0 Å². The average molecular weight is 255 g/mol. The molecule has 102 valence electrons. The van der Waals surface area contributed by atoms with E-state index >= 15 is 0 Å². The van der Waals surface area contributed by atoms with Crippen LogP contribution in [0.15, 0.2) is 30.3 Å². The van der Waals surface area contributed by atoms with Crippen LogP contribution < -0.4 is 5.32 Å². The van der Waals surface area contributed by atoms with Gasteiger partial charge in [-0.15, -0.1) is 0 Å². The molecule has 0 bridgehead atoms. The highest BCUT2D eigenvalue weighted by molar-refractivity contribution is 5.27. The molecule has 3 saturated carbocycles. The Morgan fingerprint density at radius 1 is 1.05 bits per heavy atom. The van der Waals surface area contributed by atoms with E-state index in [1.54, 1.807) is 5.56 Å². The Labute approximate surface area is 116 Å². The number of rotatable bonds is 5. The summed E-state index contributed by atoms with van der Waals surface area (Å²) in [5.41, 5.74) is 2.23. The Kier molecular flexibility index (Phi) is 2.91. The van der Waals surface area contributed by atoms with E-state index in [4.69, 9.17) is 0 Å². The summed E-state index contributed by atoms with van der Waals surface area (Å²) >= 11 is 0. The predicted molar refractivity (Wildman–Crippen MR) is 79.2 cm³/mol. The Morgan fingerprint density at radius 2 is 1.79 bits per heavy atom. The molecule has 3 aliphatic rings. The van der Waals surface area contributed by atoms with E-state index in [1.807, 2.05) is 0 Å². The maximum absolute atomic E-state index is 3.83. The highest BCUT2D eigenvalue weighted by Gasteiger charge is 2.53. The van der Waals surface area contributed by atoms with E-state index in [0.29, 0.717) is 5.41 Å². The smallest absolute Gasteiger partial charge is 0.00684 e. The van der Waals surface area contributed by atoms with Crippen molar-refractivity contribution < 1.29 is 0 Å². The van der Waals surface area contributed by atoms with Crippen LogP contribution in [0.25, 0.3) is 0 Å². The van der Waals surface area contributed by atoms with Crippen LogP contribution in [0, 0.1) is 11.3 Å². The van der Waals surface area contributed by atoms with Crippen molar-refractivity contribution in [3.05, 3.63) is 35.9 Å². The Hall–Kier alpha value is -0.820. The Morgan fingerprint density at radius 3 is 2.47 bits per heavy atom. The van der Waals surface area contributed by atoms with E-state index in [9.17, 15) is 0 Å². The lowest BCUT2D eigenvalue weighted by atomic mass is 9.79. The average Bonchev–Trinajstić information content (AvgIpc) is 3.38. The van der Waals surface area contributed by atoms with Crippen LogP contribution in [0.2, 0.25) is 0 Å². The summed E-state index contributed by atoms with van der Waals surface area (Å²) in [5, 5.41) is 3.83. The van der Waals surface area contributed by atoms with Crippen LogP contribution in [-0.2, 0) is 0 Å². The minimum Gasteiger partial charge on any atom is -0.313 e. The molecule has 3 aliphatic carbocycles. The van der Waals surface area contributed by atoms with Crippen molar-refractivity contribution in [2.24, 2.45) is 11.3 Å². The minimum absolute atomic E-state index is 0.642. The summed E-state index contributed by atoms with van der Waals surface area (Å²) in [5.74, 6) is 1.82. The minimum atomic E-state index is 0.642. The zero-order chi connectivity index (χ0) is 12.7. The van der Waals surface area contributed by atoms with Gasteiger partial charge in [0.15, 0.2) is 0 Å². The van der Waals surface area contributed by atoms with Gasteiger partial charge in [0.2, 0.25) is 0 Å². The van der Waals surface area contributed by atoms with E-state index in [0.717, 1.165) is 17.9 Å². The molecule has 3 fully saturated rings. The third-order valence-electron chi connectivity index (χ3n) is 5.72. The van der Waals surface area contributed by atoms with Gasteiger partial charge < -0.3 is 5.32 Å². The van der Waals surface area contributed by atoms with Crippen LogP contribution in [0.5, 0.6) is 0 Å². The van der Waals surface area contributed by atoms with E-state index in [2.05, 4.69) is 35.6 Å². The SMILES string of the molecule is c1ccc(C2CC2C2(CNC3CC3)CCCC2)cc1. The second kappa shape index (κ2) is 4.63.